The molecular weight excluding hydrogens is 407 g/mol. The number of likely N-dealkylation sites (tertiary alicyclic amines) is 1. The predicted octanol–water partition coefficient (Wildman–Crippen LogP) is 5.48. The number of halogens is 1. The molecule has 1 aliphatic heterocycles. The van der Waals surface area contributed by atoms with E-state index in [1.165, 1.54) is 23.0 Å². The molecule has 2 aromatic carbocycles. The van der Waals surface area contributed by atoms with E-state index >= 15 is 0 Å². The van der Waals surface area contributed by atoms with E-state index in [9.17, 15) is 9.18 Å². The van der Waals surface area contributed by atoms with Crippen LogP contribution in [0.5, 0.6) is 0 Å². The highest BCUT2D eigenvalue weighted by molar-refractivity contribution is 7.12. The Labute approximate surface area is 188 Å². The molecule has 3 aromatic rings. The van der Waals surface area contributed by atoms with Crippen molar-refractivity contribution in [1.82, 2.24) is 9.80 Å². The smallest absolute Gasteiger partial charge is 0.263 e. The topological polar surface area (TPSA) is 23.6 Å². The molecule has 1 unspecified atom stereocenters. The van der Waals surface area contributed by atoms with Crippen molar-refractivity contribution in [3.8, 4) is 0 Å². The summed E-state index contributed by atoms with van der Waals surface area (Å²) < 4.78 is 13.5. The number of thiophene rings is 1. The van der Waals surface area contributed by atoms with Crippen LogP contribution in [0.4, 0.5) is 4.39 Å². The molecule has 1 aliphatic rings. The first-order chi connectivity index (χ1) is 15.1. The van der Waals surface area contributed by atoms with Gasteiger partial charge in [-0.3, -0.25) is 9.69 Å². The fourth-order valence-corrected chi connectivity index (χ4v) is 5.30. The molecule has 0 N–H and O–H groups in total. The van der Waals surface area contributed by atoms with Crippen molar-refractivity contribution in [3.63, 3.8) is 0 Å². The normalized spacial score (nSPS) is 16.2. The summed E-state index contributed by atoms with van der Waals surface area (Å²) in [6, 6.07) is 21.3. The molecule has 162 valence electrons. The standard InChI is InChI=1S/C26H29FN2OS/c1-28(26(30)25-11-6-16-31-25)24(18-20-7-3-2-4-8-20)22-12-14-29(15-13-22)19-21-9-5-10-23(27)17-21/h2-11,16-17,22,24H,12-15,18-19H2,1H3. The first-order valence-electron chi connectivity index (χ1n) is 10.9. The van der Waals surface area contributed by atoms with Crippen molar-refractivity contribution >= 4 is 17.2 Å². The van der Waals surface area contributed by atoms with E-state index in [-0.39, 0.29) is 17.8 Å². The van der Waals surface area contributed by atoms with Crippen molar-refractivity contribution in [1.29, 1.82) is 0 Å². The van der Waals surface area contributed by atoms with Crippen LogP contribution in [0.25, 0.3) is 0 Å². The van der Waals surface area contributed by atoms with Crippen LogP contribution in [0.15, 0.2) is 72.1 Å². The van der Waals surface area contributed by atoms with Gasteiger partial charge in [-0.15, -0.1) is 11.3 Å². The van der Waals surface area contributed by atoms with Gasteiger partial charge in [0.2, 0.25) is 0 Å². The average molecular weight is 437 g/mol. The van der Waals surface area contributed by atoms with E-state index in [4.69, 9.17) is 0 Å². The lowest BCUT2D eigenvalue weighted by atomic mass is 9.84. The number of rotatable bonds is 7. The van der Waals surface area contributed by atoms with Gasteiger partial charge in [-0.2, -0.15) is 0 Å². The van der Waals surface area contributed by atoms with Crippen LogP contribution in [-0.2, 0) is 13.0 Å². The fourth-order valence-electron chi connectivity index (χ4n) is 4.59. The van der Waals surface area contributed by atoms with Gasteiger partial charge in [0.15, 0.2) is 0 Å². The lowest BCUT2D eigenvalue weighted by Gasteiger charge is -2.40. The summed E-state index contributed by atoms with van der Waals surface area (Å²) in [5.41, 5.74) is 2.28. The predicted molar refractivity (Wildman–Crippen MR) is 125 cm³/mol. The van der Waals surface area contributed by atoms with E-state index in [1.807, 2.05) is 41.6 Å². The molecule has 2 heterocycles. The third-order valence-electron chi connectivity index (χ3n) is 6.31. The average Bonchev–Trinajstić information content (AvgIpc) is 3.33. The van der Waals surface area contributed by atoms with E-state index in [2.05, 4.69) is 29.2 Å². The molecule has 31 heavy (non-hydrogen) atoms. The van der Waals surface area contributed by atoms with Gasteiger partial charge < -0.3 is 4.90 Å². The minimum absolute atomic E-state index is 0.109. The second kappa shape index (κ2) is 10.2. The van der Waals surface area contributed by atoms with Crippen LogP contribution in [0.1, 0.15) is 33.6 Å². The number of hydrogen-bond acceptors (Lipinski definition) is 3. The second-order valence-corrected chi connectivity index (χ2v) is 9.34. The molecule has 1 atom stereocenters. The first kappa shape index (κ1) is 21.7. The number of nitrogens with zero attached hydrogens (tertiary/aromatic N) is 2. The van der Waals surface area contributed by atoms with Gasteiger partial charge in [-0.1, -0.05) is 48.5 Å². The quantitative estimate of drug-likeness (QED) is 0.489. The summed E-state index contributed by atoms with van der Waals surface area (Å²) in [5, 5.41) is 1.96. The SMILES string of the molecule is CN(C(=O)c1cccs1)C(Cc1ccccc1)C1CCN(Cc2cccc(F)c2)CC1. The Morgan fingerprint density at radius 1 is 1.06 bits per heavy atom. The molecule has 5 heteroatoms. The van der Waals surface area contributed by atoms with Gasteiger partial charge in [-0.05, 0) is 73.0 Å². The zero-order chi connectivity index (χ0) is 21.6. The van der Waals surface area contributed by atoms with Crippen LogP contribution in [-0.4, -0.2) is 41.9 Å². The number of amides is 1. The highest BCUT2D eigenvalue weighted by Gasteiger charge is 2.32. The Kier molecular flexibility index (Phi) is 7.15. The summed E-state index contributed by atoms with van der Waals surface area (Å²) in [5.74, 6) is 0.375. The lowest BCUT2D eigenvalue weighted by molar-refractivity contribution is 0.0589. The summed E-state index contributed by atoms with van der Waals surface area (Å²) >= 11 is 1.50. The van der Waals surface area contributed by atoms with Crippen LogP contribution in [0.3, 0.4) is 0 Å². The lowest BCUT2D eigenvalue weighted by Crippen LogP contribution is -2.47. The summed E-state index contributed by atoms with van der Waals surface area (Å²) in [7, 11) is 1.95. The number of carbonyl (C=O) groups is 1. The summed E-state index contributed by atoms with van der Waals surface area (Å²) in [6.45, 7) is 2.71. The maximum absolute atomic E-state index is 13.5. The number of benzene rings is 2. The number of hydrogen-bond donors (Lipinski definition) is 0. The molecule has 0 radical (unpaired) electrons. The first-order valence-corrected chi connectivity index (χ1v) is 11.8. The van der Waals surface area contributed by atoms with Gasteiger partial charge in [0.25, 0.3) is 5.91 Å². The zero-order valence-corrected chi connectivity index (χ0v) is 18.7. The molecule has 4 rings (SSSR count). The molecule has 1 aromatic heterocycles. The monoisotopic (exact) mass is 436 g/mol. The third-order valence-corrected chi connectivity index (χ3v) is 7.17. The van der Waals surface area contributed by atoms with E-state index < -0.39 is 0 Å². The van der Waals surface area contributed by atoms with Crippen molar-refractivity contribution in [2.75, 3.05) is 20.1 Å². The Morgan fingerprint density at radius 3 is 2.48 bits per heavy atom. The molecule has 1 fully saturated rings. The minimum atomic E-state index is -0.177. The largest absolute Gasteiger partial charge is 0.337 e. The van der Waals surface area contributed by atoms with Crippen LogP contribution in [0, 0.1) is 11.7 Å². The molecule has 0 spiro atoms. The van der Waals surface area contributed by atoms with Crippen molar-refractivity contribution in [2.24, 2.45) is 5.92 Å². The minimum Gasteiger partial charge on any atom is -0.337 e. The van der Waals surface area contributed by atoms with Gasteiger partial charge in [-0.25, -0.2) is 4.39 Å². The van der Waals surface area contributed by atoms with Crippen LogP contribution in [0.2, 0.25) is 0 Å². The maximum atomic E-state index is 13.5. The molecule has 0 aliphatic carbocycles. The van der Waals surface area contributed by atoms with E-state index in [0.29, 0.717) is 5.92 Å². The zero-order valence-electron chi connectivity index (χ0n) is 17.9. The van der Waals surface area contributed by atoms with Crippen molar-refractivity contribution < 1.29 is 9.18 Å². The number of piperidine rings is 1. The second-order valence-electron chi connectivity index (χ2n) is 8.39. The van der Waals surface area contributed by atoms with Gasteiger partial charge in [0.05, 0.1) is 4.88 Å². The Hall–Kier alpha value is -2.50. The van der Waals surface area contributed by atoms with Crippen molar-refractivity contribution in [2.45, 2.75) is 31.8 Å². The van der Waals surface area contributed by atoms with Gasteiger partial charge in [0, 0.05) is 19.6 Å². The molecule has 0 saturated carbocycles. The molecule has 0 bridgehead atoms. The van der Waals surface area contributed by atoms with E-state index in [0.717, 1.165) is 49.3 Å². The number of likely N-dealkylation sites (N-methyl/N-ethyl adjacent to an activating group) is 1. The maximum Gasteiger partial charge on any atom is 0.263 e. The Bertz CT molecular complexity index is 968. The van der Waals surface area contributed by atoms with Crippen LogP contribution >= 0.6 is 11.3 Å². The molecular formula is C26H29FN2OS. The fraction of sp³-hybridized carbons (Fsp3) is 0.346. The van der Waals surface area contributed by atoms with Crippen molar-refractivity contribution in [3.05, 3.63) is 93.9 Å². The third kappa shape index (κ3) is 5.60. The van der Waals surface area contributed by atoms with Gasteiger partial charge >= 0.3 is 0 Å². The highest BCUT2D eigenvalue weighted by Crippen LogP contribution is 2.28. The number of carbonyl (C=O) groups excluding carboxylic acids is 1. The molecule has 1 saturated heterocycles. The van der Waals surface area contributed by atoms with Crippen LogP contribution < -0.4 is 0 Å². The molecule has 1 amide bonds. The Balaban J connectivity index is 1.44. The van der Waals surface area contributed by atoms with Gasteiger partial charge in [0.1, 0.15) is 5.82 Å². The Morgan fingerprint density at radius 2 is 1.81 bits per heavy atom. The van der Waals surface area contributed by atoms with E-state index in [1.54, 1.807) is 12.1 Å². The summed E-state index contributed by atoms with van der Waals surface area (Å²) in [6.07, 6.45) is 2.94. The summed E-state index contributed by atoms with van der Waals surface area (Å²) in [4.78, 5) is 18.3. The molecule has 3 nitrogen and oxygen atoms in total. The highest BCUT2D eigenvalue weighted by atomic mass is 32.1.